The average Bonchev–Trinajstić information content (AvgIpc) is 3.36. The van der Waals surface area contributed by atoms with E-state index in [2.05, 4.69) is 5.32 Å². The smallest absolute Gasteiger partial charge is 0.328 e. The van der Waals surface area contributed by atoms with Gasteiger partial charge in [-0.15, -0.1) is 0 Å². The molecule has 0 aliphatic heterocycles. The molecule has 2 aromatic carbocycles. The predicted octanol–water partition coefficient (Wildman–Crippen LogP) is 3.22. The van der Waals surface area contributed by atoms with E-state index in [0.717, 1.165) is 24.0 Å². The number of benzene rings is 2. The highest BCUT2D eigenvalue weighted by Gasteiger charge is 2.30. The summed E-state index contributed by atoms with van der Waals surface area (Å²) >= 11 is 0. The lowest BCUT2D eigenvalue weighted by atomic mass is 10.1. The second kappa shape index (κ2) is 6.55. The van der Waals surface area contributed by atoms with E-state index in [9.17, 15) is 4.79 Å². The van der Waals surface area contributed by atoms with E-state index in [1.807, 2.05) is 60.7 Å². The Bertz CT molecular complexity index is 579. The topological polar surface area (TPSA) is 38.3 Å². The Hall–Kier alpha value is -2.13. The second-order valence-corrected chi connectivity index (χ2v) is 5.38. The van der Waals surface area contributed by atoms with Crippen LogP contribution in [0.4, 0.5) is 0 Å². The first-order valence-corrected chi connectivity index (χ1v) is 7.34. The summed E-state index contributed by atoms with van der Waals surface area (Å²) < 4.78 is 5.47. The SMILES string of the molecule is O=C(OCc1ccccc1)C(NC1CC1)c1ccccc1. The maximum atomic E-state index is 12.4. The molecule has 1 atom stereocenters. The van der Waals surface area contributed by atoms with Crippen LogP contribution in [0.5, 0.6) is 0 Å². The summed E-state index contributed by atoms with van der Waals surface area (Å²) in [5.74, 6) is -0.211. The molecule has 1 aliphatic rings. The molecular formula is C18H19NO2. The van der Waals surface area contributed by atoms with Gasteiger partial charge in [-0.1, -0.05) is 60.7 Å². The molecule has 0 saturated heterocycles. The fourth-order valence-electron chi connectivity index (χ4n) is 2.24. The monoisotopic (exact) mass is 281 g/mol. The number of nitrogens with one attached hydrogen (secondary N) is 1. The van der Waals surface area contributed by atoms with Gasteiger partial charge in [-0.25, -0.2) is 4.79 Å². The Labute approximate surface area is 124 Å². The Balaban J connectivity index is 1.66. The van der Waals surface area contributed by atoms with Crippen LogP contribution >= 0.6 is 0 Å². The second-order valence-electron chi connectivity index (χ2n) is 5.38. The highest BCUT2D eigenvalue weighted by atomic mass is 16.5. The Morgan fingerprint density at radius 1 is 1.05 bits per heavy atom. The minimum atomic E-state index is -0.373. The summed E-state index contributed by atoms with van der Waals surface area (Å²) in [7, 11) is 0. The predicted molar refractivity (Wildman–Crippen MR) is 81.6 cm³/mol. The number of rotatable bonds is 6. The maximum Gasteiger partial charge on any atom is 0.328 e. The molecule has 3 rings (SSSR count). The number of carbonyl (C=O) groups is 1. The zero-order valence-electron chi connectivity index (χ0n) is 11.9. The number of esters is 1. The van der Waals surface area contributed by atoms with Crippen molar-refractivity contribution in [2.24, 2.45) is 0 Å². The van der Waals surface area contributed by atoms with Crippen molar-refractivity contribution in [2.75, 3.05) is 0 Å². The molecular weight excluding hydrogens is 262 g/mol. The summed E-state index contributed by atoms with van der Waals surface area (Å²) in [4.78, 5) is 12.4. The third-order valence-corrected chi connectivity index (χ3v) is 3.57. The zero-order valence-corrected chi connectivity index (χ0v) is 11.9. The van der Waals surface area contributed by atoms with E-state index in [1.54, 1.807) is 0 Å². The normalized spacial score (nSPS) is 15.4. The van der Waals surface area contributed by atoms with Crippen LogP contribution in [-0.4, -0.2) is 12.0 Å². The summed E-state index contributed by atoms with van der Waals surface area (Å²) in [5.41, 5.74) is 1.96. The van der Waals surface area contributed by atoms with Gasteiger partial charge < -0.3 is 4.74 Å². The third kappa shape index (κ3) is 3.92. The number of hydrogen-bond donors (Lipinski definition) is 1. The van der Waals surface area contributed by atoms with Gasteiger partial charge in [0.2, 0.25) is 0 Å². The van der Waals surface area contributed by atoms with Gasteiger partial charge in [0.25, 0.3) is 0 Å². The van der Waals surface area contributed by atoms with Crippen molar-refractivity contribution in [3.05, 3.63) is 71.8 Å². The molecule has 0 bridgehead atoms. The van der Waals surface area contributed by atoms with Crippen LogP contribution in [-0.2, 0) is 16.1 Å². The van der Waals surface area contributed by atoms with Crippen molar-refractivity contribution in [1.29, 1.82) is 0 Å². The molecule has 3 nitrogen and oxygen atoms in total. The lowest BCUT2D eigenvalue weighted by molar-refractivity contribution is -0.147. The molecule has 0 aromatic heterocycles. The van der Waals surface area contributed by atoms with Gasteiger partial charge in [0, 0.05) is 6.04 Å². The fraction of sp³-hybridized carbons (Fsp3) is 0.278. The van der Waals surface area contributed by atoms with E-state index in [-0.39, 0.29) is 12.0 Å². The van der Waals surface area contributed by atoms with Gasteiger partial charge in [0.05, 0.1) is 0 Å². The molecule has 0 heterocycles. The van der Waals surface area contributed by atoms with E-state index in [4.69, 9.17) is 4.74 Å². The van der Waals surface area contributed by atoms with Crippen LogP contribution in [0.3, 0.4) is 0 Å². The van der Waals surface area contributed by atoms with Crippen LogP contribution in [0.15, 0.2) is 60.7 Å². The molecule has 1 unspecified atom stereocenters. The Morgan fingerprint density at radius 2 is 1.67 bits per heavy atom. The summed E-state index contributed by atoms with van der Waals surface area (Å²) in [6.45, 7) is 0.315. The highest BCUT2D eigenvalue weighted by Crippen LogP contribution is 2.25. The van der Waals surface area contributed by atoms with Crippen LogP contribution in [0, 0.1) is 0 Å². The first-order valence-electron chi connectivity index (χ1n) is 7.34. The van der Waals surface area contributed by atoms with Crippen molar-refractivity contribution >= 4 is 5.97 Å². The van der Waals surface area contributed by atoms with E-state index >= 15 is 0 Å². The third-order valence-electron chi connectivity index (χ3n) is 3.57. The Kier molecular flexibility index (Phi) is 4.31. The van der Waals surface area contributed by atoms with Gasteiger partial charge in [-0.05, 0) is 24.0 Å². The molecule has 0 radical (unpaired) electrons. The minimum absolute atomic E-state index is 0.211. The first kappa shape index (κ1) is 13.8. The quantitative estimate of drug-likeness (QED) is 0.826. The highest BCUT2D eigenvalue weighted by molar-refractivity contribution is 5.77. The molecule has 21 heavy (non-hydrogen) atoms. The van der Waals surface area contributed by atoms with Crippen molar-refractivity contribution in [3.8, 4) is 0 Å². The molecule has 0 amide bonds. The van der Waals surface area contributed by atoms with E-state index in [0.29, 0.717) is 12.6 Å². The van der Waals surface area contributed by atoms with Gasteiger partial charge >= 0.3 is 5.97 Å². The maximum absolute atomic E-state index is 12.4. The summed E-state index contributed by atoms with van der Waals surface area (Å²) in [5, 5.41) is 3.37. The van der Waals surface area contributed by atoms with Crippen LogP contribution in [0.25, 0.3) is 0 Å². The molecule has 2 aromatic rings. The first-order chi connectivity index (χ1) is 10.3. The van der Waals surface area contributed by atoms with E-state index < -0.39 is 0 Å². The molecule has 108 valence electrons. The molecule has 1 N–H and O–H groups in total. The summed E-state index contributed by atoms with van der Waals surface area (Å²) in [6.07, 6.45) is 2.27. The molecule has 1 fully saturated rings. The van der Waals surface area contributed by atoms with Crippen molar-refractivity contribution in [1.82, 2.24) is 5.32 Å². The molecule has 3 heteroatoms. The largest absolute Gasteiger partial charge is 0.459 e. The van der Waals surface area contributed by atoms with Crippen molar-refractivity contribution in [3.63, 3.8) is 0 Å². The molecule has 0 spiro atoms. The number of carbonyl (C=O) groups excluding carboxylic acids is 1. The van der Waals surface area contributed by atoms with Crippen LogP contribution in [0.2, 0.25) is 0 Å². The Morgan fingerprint density at radius 3 is 2.29 bits per heavy atom. The average molecular weight is 281 g/mol. The fourth-order valence-corrected chi connectivity index (χ4v) is 2.24. The number of ether oxygens (including phenoxy) is 1. The lowest BCUT2D eigenvalue weighted by Crippen LogP contribution is -2.31. The lowest BCUT2D eigenvalue weighted by Gasteiger charge is -2.18. The standard InChI is InChI=1S/C18H19NO2/c20-18(21-13-14-7-3-1-4-8-14)17(19-16-11-12-16)15-9-5-2-6-10-15/h1-10,16-17,19H,11-13H2. The summed E-state index contributed by atoms with van der Waals surface area (Å²) in [6, 6.07) is 19.6. The van der Waals surface area contributed by atoms with Crippen molar-refractivity contribution < 1.29 is 9.53 Å². The van der Waals surface area contributed by atoms with Gasteiger partial charge in [0.1, 0.15) is 12.6 Å². The number of hydrogen-bond acceptors (Lipinski definition) is 3. The molecule has 1 saturated carbocycles. The van der Waals surface area contributed by atoms with Gasteiger partial charge in [0.15, 0.2) is 0 Å². The van der Waals surface area contributed by atoms with Gasteiger partial charge in [-0.3, -0.25) is 5.32 Å². The van der Waals surface area contributed by atoms with Gasteiger partial charge in [-0.2, -0.15) is 0 Å². The minimum Gasteiger partial charge on any atom is -0.459 e. The van der Waals surface area contributed by atoms with Crippen LogP contribution < -0.4 is 5.32 Å². The van der Waals surface area contributed by atoms with Crippen LogP contribution in [0.1, 0.15) is 30.0 Å². The van der Waals surface area contributed by atoms with E-state index in [1.165, 1.54) is 0 Å². The molecule has 1 aliphatic carbocycles. The zero-order chi connectivity index (χ0) is 14.5. The van der Waals surface area contributed by atoms with Crippen molar-refractivity contribution in [2.45, 2.75) is 31.5 Å².